The first-order valence-corrected chi connectivity index (χ1v) is 6.48. The lowest BCUT2D eigenvalue weighted by atomic mass is 9.94. The van der Waals surface area contributed by atoms with Crippen molar-refractivity contribution in [3.05, 3.63) is 28.2 Å². The molecule has 1 heterocycles. The molecule has 1 aliphatic rings. The number of benzene rings is 1. The van der Waals surface area contributed by atoms with E-state index in [4.69, 9.17) is 10.00 Å². The number of nitrogens with zero attached hydrogens (tertiary/aromatic N) is 1. The van der Waals surface area contributed by atoms with Crippen molar-refractivity contribution >= 4 is 21.6 Å². The van der Waals surface area contributed by atoms with Crippen LogP contribution < -0.4 is 5.32 Å². The molecule has 1 atom stereocenters. The van der Waals surface area contributed by atoms with Gasteiger partial charge in [-0.2, -0.15) is 5.26 Å². The average molecular weight is 295 g/mol. The van der Waals surface area contributed by atoms with Gasteiger partial charge in [-0.25, -0.2) is 0 Å². The first-order chi connectivity index (χ1) is 8.13. The summed E-state index contributed by atoms with van der Waals surface area (Å²) in [6.45, 7) is 3.66. The normalized spacial score (nSPS) is 24.1. The summed E-state index contributed by atoms with van der Waals surface area (Å²) in [5, 5.41) is 12.5. The number of hydrogen-bond donors (Lipinski definition) is 1. The van der Waals surface area contributed by atoms with Crippen molar-refractivity contribution in [2.75, 3.05) is 18.5 Å². The molecule has 0 bridgehead atoms. The van der Waals surface area contributed by atoms with Gasteiger partial charge in [0.05, 0.1) is 23.4 Å². The second-order valence-electron chi connectivity index (χ2n) is 4.64. The van der Waals surface area contributed by atoms with Crippen molar-refractivity contribution in [3.8, 4) is 6.07 Å². The standard InChI is InChI=1S/C13H15BrN2O/c1-13(5-2-6-17-9-13)16-12-4-3-11(14)7-10(12)8-15/h3-4,7,16H,2,5-6,9H2,1H3. The van der Waals surface area contributed by atoms with Gasteiger partial charge in [-0.05, 0) is 38.0 Å². The Balaban J connectivity index is 2.20. The van der Waals surface area contributed by atoms with E-state index in [1.165, 1.54) is 0 Å². The van der Waals surface area contributed by atoms with E-state index in [2.05, 4.69) is 34.2 Å². The largest absolute Gasteiger partial charge is 0.379 e. The van der Waals surface area contributed by atoms with Gasteiger partial charge >= 0.3 is 0 Å². The molecule has 1 aromatic rings. The monoisotopic (exact) mass is 294 g/mol. The summed E-state index contributed by atoms with van der Waals surface area (Å²) in [6, 6.07) is 7.91. The fourth-order valence-electron chi connectivity index (χ4n) is 2.08. The van der Waals surface area contributed by atoms with Crippen molar-refractivity contribution in [2.24, 2.45) is 0 Å². The van der Waals surface area contributed by atoms with Crippen LogP contribution in [0.15, 0.2) is 22.7 Å². The predicted octanol–water partition coefficient (Wildman–Crippen LogP) is 3.30. The number of hydrogen-bond acceptors (Lipinski definition) is 3. The Morgan fingerprint density at radius 2 is 2.35 bits per heavy atom. The number of ether oxygens (including phenoxy) is 1. The van der Waals surface area contributed by atoms with Gasteiger partial charge < -0.3 is 10.1 Å². The number of halogens is 1. The number of nitriles is 1. The van der Waals surface area contributed by atoms with Gasteiger partial charge in [-0.1, -0.05) is 15.9 Å². The molecule has 0 aliphatic carbocycles. The fraction of sp³-hybridized carbons (Fsp3) is 0.462. The molecule has 17 heavy (non-hydrogen) atoms. The second kappa shape index (κ2) is 5.07. The van der Waals surface area contributed by atoms with Gasteiger partial charge in [-0.3, -0.25) is 0 Å². The van der Waals surface area contributed by atoms with E-state index in [-0.39, 0.29) is 5.54 Å². The molecule has 1 aromatic carbocycles. The average Bonchev–Trinajstić information content (AvgIpc) is 2.32. The Morgan fingerprint density at radius 3 is 3.00 bits per heavy atom. The number of nitrogens with one attached hydrogen (secondary N) is 1. The molecule has 1 unspecified atom stereocenters. The van der Waals surface area contributed by atoms with Crippen LogP contribution in [0.25, 0.3) is 0 Å². The third-order valence-electron chi connectivity index (χ3n) is 2.98. The molecule has 4 heteroatoms. The van der Waals surface area contributed by atoms with Crippen LogP contribution >= 0.6 is 15.9 Å². The summed E-state index contributed by atoms with van der Waals surface area (Å²) in [6.07, 6.45) is 2.12. The minimum Gasteiger partial charge on any atom is -0.379 e. The SMILES string of the molecule is CC1(Nc2ccc(Br)cc2C#N)CCCOC1. The number of anilines is 1. The van der Waals surface area contributed by atoms with Gasteiger partial charge in [0.2, 0.25) is 0 Å². The first-order valence-electron chi connectivity index (χ1n) is 5.69. The van der Waals surface area contributed by atoms with Crippen LogP contribution in [0.4, 0.5) is 5.69 Å². The third kappa shape index (κ3) is 2.99. The van der Waals surface area contributed by atoms with Gasteiger partial charge in [-0.15, -0.1) is 0 Å². The van der Waals surface area contributed by atoms with E-state index >= 15 is 0 Å². The van der Waals surface area contributed by atoms with Crippen LogP contribution in [0, 0.1) is 11.3 Å². The molecule has 1 fully saturated rings. The smallest absolute Gasteiger partial charge is 0.101 e. The molecule has 3 nitrogen and oxygen atoms in total. The summed E-state index contributed by atoms with van der Waals surface area (Å²) in [4.78, 5) is 0. The molecule has 1 aliphatic heterocycles. The van der Waals surface area contributed by atoms with Crippen molar-refractivity contribution in [2.45, 2.75) is 25.3 Å². The highest BCUT2D eigenvalue weighted by molar-refractivity contribution is 9.10. The van der Waals surface area contributed by atoms with E-state index in [9.17, 15) is 0 Å². The minimum atomic E-state index is -0.0717. The zero-order valence-corrected chi connectivity index (χ0v) is 11.4. The van der Waals surface area contributed by atoms with Crippen LogP contribution in [-0.4, -0.2) is 18.8 Å². The van der Waals surface area contributed by atoms with Crippen molar-refractivity contribution < 1.29 is 4.74 Å². The summed E-state index contributed by atoms with van der Waals surface area (Å²) in [5.41, 5.74) is 1.47. The lowest BCUT2D eigenvalue weighted by molar-refractivity contribution is 0.0540. The van der Waals surface area contributed by atoms with Gasteiger partial charge in [0.15, 0.2) is 0 Å². The Morgan fingerprint density at radius 1 is 1.53 bits per heavy atom. The maximum absolute atomic E-state index is 9.11. The van der Waals surface area contributed by atoms with Crippen molar-refractivity contribution in [1.82, 2.24) is 0 Å². The number of rotatable bonds is 2. The highest BCUT2D eigenvalue weighted by Gasteiger charge is 2.27. The first kappa shape index (κ1) is 12.4. The van der Waals surface area contributed by atoms with Gasteiger partial charge in [0.25, 0.3) is 0 Å². The highest BCUT2D eigenvalue weighted by atomic mass is 79.9. The van der Waals surface area contributed by atoms with Gasteiger partial charge in [0.1, 0.15) is 6.07 Å². The summed E-state index contributed by atoms with van der Waals surface area (Å²) in [5.74, 6) is 0. The van der Waals surface area contributed by atoms with Crippen LogP contribution in [-0.2, 0) is 4.74 Å². The lowest BCUT2D eigenvalue weighted by Gasteiger charge is -2.35. The zero-order valence-electron chi connectivity index (χ0n) is 9.79. The molecule has 0 aromatic heterocycles. The zero-order chi connectivity index (χ0) is 12.3. The van der Waals surface area contributed by atoms with E-state index in [1.807, 2.05) is 18.2 Å². The Kier molecular flexibility index (Phi) is 3.70. The molecule has 0 radical (unpaired) electrons. The highest BCUT2D eigenvalue weighted by Crippen LogP contribution is 2.27. The molecule has 1 N–H and O–H groups in total. The van der Waals surface area contributed by atoms with E-state index < -0.39 is 0 Å². The maximum Gasteiger partial charge on any atom is 0.101 e. The third-order valence-corrected chi connectivity index (χ3v) is 3.47. The Bertz CT molecular complexity index is 447. The molecular formula is C13H15BrN2O. The van der Waals surface area contributed by atoms with Crippen LogP contribution in [0.3, 0.4) is 0 Å². The summed E-state index contributed by atoms with van der Waals surface area (Å²) >= 11 is 3.37. The fourth-order valence-corrected chi connectivity index (χ4v) is 2.44. The Hall–Kier alpha value is -1.05. The molecule has 90 valence electrons. The lowest BCUT2D eigenvalue weighted by Crippen LogP contribution is -2.43. The topological polar surface area (TPSA) is 45.0 Å². The van der Waals surface area contributed by atoms with Crippen molar-refractivity contribution in [1.29, 1.82) is 5.26 Å². The predicted molar refractivity (Wildman–Crippen MR) is 70.9 cm³/mol. The van der Waals surface area contributed by atoms with Crippen LogP contribution in [0.2, 0.25) is 0 Å². The molecule has 0 saturated carbocycles. The Labute approximate surface area is 110 Å². The van der Waals surface area contributed by atoms with Crippen LogP contribution in [0.5, 0.6) is 0 Å². The van der Waals surface area contributed by atoms with Crippen LogP contribution in [0.1, 0.15) is 25.3 Å². The minimum absolute atomic E-state index is 0.0717. The van der Waals surface area contributed by atoms with E-state index in [1.54, 1.807) is 0 Å². The molecule has 2 rings (SSSR count). The summed E-state index contributed by atoms with van der Waals surface area (Å²) in [7, 11) is 0. The molecule has 0 spiro atoms. The van der Waals surface area contributed by atoms with Gasteiger partial charge in [0, 0.05) is 11.1 Å². The molecule has 0 amide bonds. The quantitative estimate of drug-likeness (QED) is 0.910. The molecule has 1 saturated heterocycles. The van der Waals surface area contributed by atoms with E-state index in [0.29, 0.717) is 12.2 Å². The second-order valence-corrected chi connectivity index (χ2v) is 5.56. The van der Waals surface area contributed by atoms with Crippen molar-refractivity contribution in [3.63, 3.8) is 0 Å². The maximum atomic E-state index is 9.11. The summed E-state index contributed by atoms with van der Waals surface area (Å²) < 4.78 is 6.42. The van der Waals surface area contributed by atoms with E-state index in [0.717, 1.165) is 29.6 Å². The molecular weight excluding hydrogens is 280 g/mol.